The van der Waals surface area contributed by atoms with Gasteiger partial charge in [0.2, 0.25) is 0 Å². The summed E-state index contributed by atoms with van der Waals surface area (Å²) < 4.78 is 0. The van der Waals surface area contributed by atoms with E-state index in [1.54, 1.807) is 54.6 Å². The predicted octanol–water partition coefficient (Wildman–Crippen LogP) is 1.96. The Morgan fingerprint density at radius 3 is 2.00 bits per heavy atom. The third kappa shape index (κ3) is 2.75. The number of rotatable bonds is 4. The lowest BCUT2D eigenvalue weighted by Gasteiger charge is -2.17. The van der Waals surface area contributed by atoms with Gasteiger partial charge in [-0.1, -0.05) is 30.3 Å². The van der Waals surface area contributed by atoms with Crippen LogP contribution in [-0.2, 0) is 0 Å². The number of carbonyl (C=O) groups excluding carboxylic acids is 1. The lowest BCUT2D eigenvalue weighted by Crippen LogP contribution is -2.29. The summed E-state index contributed by atoms with van der Waals surface area (Å²) >= 11 is 0. The molecule has 0 spiro atoms. The van der Waals surface area contributed by atoms with E-state index in [0.29, 0.717) is 5.56 Å². The smallest absolute Gasteiger partial charge is 0.179 e. The minimum atomic E-state index is -1.93. The first-order chi connectivity index (χ1) is 9.13. The molecule has 0 saturated heterocycles. The molecular formula is C14H8N4O. The molecule has 0 aliphatic rings. The van der Waals surface area contributed by atoms with E-state index < -0.39 is 23.5 Å². The fourth-order valence-electron chi connectivity index (χ4n) is 1.56. The van der Waals surface area contributed by atoms with Crippen LogP contribution < -0.4 is 0 Å². The maximum Gasteiger partial charge on any atom is 0.179 e. The molecule has 0 fully saturated rings. The van der Waals surface area contributed by atoms with E-state index >= 15 is 0 Å². The van der Waals surface area contributed by atoms with Crippen molar-refractivity contribution in [1.82, 2.24) is 0 Å². The van der Waals surface area contributed by atoms with Gasteiger partial charge in [-0.05, 0) is 0 Å². The van der Waals surface area contributed by atoms with Crippen LogP contribution >= 0.6 is 0 Å². The van der Waals surface area contributed by atoms with Crippen molar-refractivity contribution in [1.29, 1.82) is 21.0 Å². The van der Waals surface area contributed by atoms with Gasteiger partial charge in [-0.15, -0.1) is 0 Å². The van der Waals surface area contributed by atoms with Gasteiger partial charge < -0.3 is 0 Å². The lowest BCUT2D eigenvalue weighted by atomic mass is 9.74. The zero-order valence-electron chi connectivity index (χ0n) is 9.87. The van der Waals surface area contributed by atoms with Crippen molar-refractivity contribution in [3.63, 3.8) is 0 Å². The van der Waals surface area contributed by atoms with Crippen LogP contribution in [0.3, 0.4) is 0 Å². The maximum absolute atomic E-state index is 12.0. The average molecular weight is 248 g/mol. The highest BCUT2D eigenvalue weighted by molar-refractivity contribution is 5.97. The van der Waals surface area contributed by atoms with Gasteiger partial charge in [-0.3, -0.25) is 4.79 Å². The van der Waals surface area contributed by atoms with Gasteiger partial charge in [0.25, 0.3) is 0 Å². The summed E-state index contributed by atoms with van der Waals surface area (Å²) in [4.78, 5) is 12.0. The fourth-order valence-corrected chi connectivity index (χ4v) is 1.56. The first-order valence-electron chi connectivity index (χ1n) is 5.33. The number of hydrogen-bond acceptors (Lipinski definition) is 5. The van der Waals surface area contributed by atoms with Crippen molar-refractivity contribution in [2.75, 3.05) is 0 Å². The second kappa shape index (κ2) is 5.97. The lowest BCUT2D eigenvalue weighted by molar-refractivity contribution is 0.0951. The number of benzene rings is 1. The van der Waals surface area contributed by atoms with Gasteiger partial charge >= 0.3 is 0 Å². The number of nitrogens with zero attached hydrogens (tertiary/aromatic N) is 4. The normalized spacial score (nSPS) is 9.74. The van der Waals surface area contributed by atoms with Crippen molar-refractivity contribution < 1.29 is 4.79 Å². The van der Waals surface area contributed by atoms with Gasteiger partial charge in [0.1, 0.15) is 0 Å². The average Bonchev–Trinajstić information content (AvgIpc) is 2.48. The van der Waals surface area contributed by atoms with Crippen molar-refractivity contribution in [3.05, 3.63) is 35.9 Å². The SMILES string of the molecule is N#CC(C#N)C(C#N)(C#N)CC(=O)c1ccccc1. The van der Waals surface area contributed by atoms with Crippen LogP contribution in [0.5, 0.6) is 0 Å². The molecule has 0 atom stereocenters. The molecule has 0 aliphatic heterocycles. The Kier molecular flexibility index (Phi) is 4.37. The topological polar surface area (TPSA) is 112 Å². The summed E-state index contributed by atoms with van der Waals surface area (Å²) in [5.74, 6) is -1.91. The van der Waals surface area contributed by atoms with E-state index in [4.69, 9.17) is 21.0 Å². The number of hydrogen-bond donors (Lipinski definition) is 0. The van der Waals surface area contributed by atoms with Gasteiger partial charge in [-0.25, -0.2) is 0 Å². The Morgan fingerprint density at radius 2 is 1.58 bits per heavy atom. The van der Waals surface area contributed by atoms with E-state index in [1.165, 1.54) is 0 Å². The molecular weight excluding hydrogens is 240 g/mol. The third-order valence-electron chi connectivity index (χ3n) is 2.69. The molecule has 90 valence electrons. The van der Waals surface area contributed by atoms with Gasteiger partial charge in [0.15, 0.2) is 17.1 Å². The van der Waals surface area contributed by atoms with Crippen LogP contribution in [0.1, 0.15) is 16.8 Å². The fraction of sp³-hybridized carbons (Fsp3) is 0.214. The molecule has 0 saturated carbocycles. The Morgan fingerprint density at radius 1 is 1.05 bits per heavy atom. The van der Waals surface area contributed by atoms with Crippen molar-refractivity contribution in [2.24, 2.45) is 11.3 Å². The van der Waals surface area contributed by atoms with Crippen LogP contribution in [0.2, 0.25) is 0 Å². The highest BCUT2D eigenvalue weighted by Gasteiger charge is 2.42. The molecule has 5 heteroatoms. The van der Waals surface area contributed by atoms with Gasteiger partial charge in [0, 0.05) is 12.0 Å². The molecule has 1 aromatic rings. The molecule has 19 heavy (non-hydrogen) atoms. The first kappa shape index (κ1) is 13.9. The minimum Gasteiger partial charge on any atom is -0.294 e. The molecule has 0 heterocycles. The molecule has 0 aliphatic carbocycles. The summed E-state index contributed by atoms with van der Waals surface area (Å²) in [5, 5.41) is 35.8. The van der Waals surface area contributed by atoms with E-state index in [9.17, 15) is 4.79 Å². The number of carbonyl (C=O) groups is 1. The van der Waals surface area contributed by atoms with Gasteiger partial charge in [0.05, 0.1) is 24.3 Å². The molecule has 1 rings (SSSR count). The molecule has 1 aromatic carbocycles. The molecule has 0 N–H and O–H groups in total. The molecule has 0 aromatic heterocycles. The molecule has 0 radical (unpaired) electrons. The maximum atomic E-state index is 12.0. The molecule has 0 amide bonds. The Bertz CT molecular complexity index is 609. The summed E-state index contributed by atoms with van der Waals surface area (Å²) in [5.41, 5.74) is -1.59. The minimum absolute atomic E-state index is 0.340. The van der Waals surface area contributed by atoms with Crippen molar-refractivity contribution in [2.45, 2.75) is 6.42 Å². The second-order valence-electron chi connectivity index (χ2n) is 3.85. The molecule has 0 bridgehead atoms. The van der Waals surface area contributed by atoms with E-state index in [2.05, 4.69) is 0 Å². The van der Waals surface area contributed by atoms with E-state index in [0.717, 1.165) is 0 Å². The van der Waals surface area contributed by atoms with Crippen molar-refractivity contribution >= 4 is 5.78 Å². The van der Waals surface area contributed by atoms with Crippen LogP contribution in [0.25, 0.3) is 0 Å². The summed E-state index contributed by atoms with van der Waals surface area (Å²) in [6.07, 6.45) is -0.476. The second-order valence-corrected chi connectivity index (χ2v) is 3.85. The summed E-state index contributed by atoms with van der Waals surface area (Å²) in [7, 11) is 0. The van der Waals surface area contributed by atoms with Gasteiger partial charge in [-0.2, -0.15) is 21.0 Å². The van der Waals surface area contributed by atoms with E-state index in [1.807, 2.05) is 0 Å². The van der Waals surface area contributed by atoms with Crippen LogP contribution in [0.15, 0.2) is 30.3 Å². The van der Waals surface area contributed by atoms with E-state index in [-0.39, 0.29) is 0 Å². The molecule has 0 unspecified atom stereocenters. The summed E-state index contributed by atoms with van der Waals surface area (Å²) in [6, 6.07) is 14.6. The molecule has 5 nitrogen and oxygen atoms in total. The highest BCUT2D eigenvalue weighted by atomic mass is 16.1. The van der Waals surface area contributed by atoms with Crippen molar-refractivity contribution in [3.8, 4) is 24.3 Å². The van der Waals surface area contributed by atoms with Crippen LogP contribution in [0.4, 0.5) is 0 Å². The number of Topliss-reactive ketones (excluding diaryl/α,β-unsaturated/α-hetero) is 1. The summed E-state index contributed by atoms with van der Waals surface area (Å²) in [6.45, 7) is 0. The first-order valence-corrected chi connectivity index (χ1v) is 5.33. The largest absolute Gasteiger partial charge is 0.294 e. The van der Waals surface area contributed by atoms with Crippen LogP contribution in [0, 0.1) is 56.7 Å². The number of nitriles is 4. The Balaban J connectivity index is 3.11. The Hall–Kier alpha value is -3.15. The quantitative estimate of drug-likeness (QED) is 0.755. The highest BCUT2D eigenvalue weighted by Crippen LogP contribution is 2.31. The van der Waals surface area contributed by atoms with Crippen LogP contribution in [-0.4, -0.2) is 5.78 Å². The zero-order chi connectivity index (χ0) is 14.3. The monoisotopic (exact) mass is 248 g/mol. The Labute approximate surface area is 110 Å². The standard InChI is InChI=1S/C14H8N4O/c15-7-12(8-16)14(9-17,10-18)6-13(19)11-4-2-1-3-5-11/h1-5,12H,6H2. The predicted molar refractivity (Wildman–Crippen MR) is 63.8 cm³/mol. The number of ketones is 1. The third-order valence-corrected chi connectivity index (χ3v) is 2.69. The zero-order valence-corrected chi connectivity index (χ0v) is 9.87.